The van der Waals surface area contributed by atoms with Crippen LogP contribution < -0.4 is 10.5 Å². The molecule has 2 N–H and O–H groups in total. The second-order valence-electron chi connectivity index (χ2n) is 6.64. The van der Waals surface area contributed by atoms with Crippen LogP contribution in [0.3, 0.4) is 0 Å². The van der Waals surface area contributed by atoms with Crippen LogP contribution in [0.4, 0.5) is 0 Å². The molecule has 2 atom stereocenters. The van der Waals surface area contributed by atoms with Gasteiger partial charge < -0.3 is 15.2 Å². The molecular weight excluding hydrogens is 238 g/mol. The molecule has 2 rings (SSSR count). The van der Waals surface area contributed by atoms with Gasteiger partial charge in [-0.05, 0) is 52.3 Å². The second kappa shape index (κ2) is 4.80. The van der Waals surface area contributed by atoms with E-state index in [2.05, 4.69) is 27.7 Å². The van der Waals surface area contributed by atoms with E-state index < -0.39 is 0 Å². The SMILES string of the molecule is CC(N)c1cccc(OC2CC(C)(C)OC2(C)C)c1. The second-order valence-corrected chi connectivity index (χ2v) is 6.64. The number of hydrogen-bond acceptors (Lipinski definition) is 3. The van der Waals surface area contributed by atoms with Gasteiger partial charge in [-0.25, -0.2) is 0 Å². The van der Waals surface area contributed by atoms with Gasteiger partial charge in [0.15, 0.2) is 0 Å². The average molecular weight is 263 g/mol. The quantitative estimate of drug-likeness (QED) is 0.908. The lowest BCUT2D eigenvalue weighted by molar-refractivity contribution is -0.0846. The van der Waals surface area contributed by atoms with Crippen molar-refractivity contribution in [2.24, 2.45) is 5.73 Å². The van der Waals surface area contributed by atoms with Gasteiger partial charge in [0, 0.05) is 12.5 Å². The third-order valence-corrected chi connectivity index (χ3v) is 3.65. The highest BCUT2D eigenvalue weighted by Gasteiger charge is 2.47. The predicted molar refractivity (Wildman–Crippen MR) is 77.3 cm³/mol. The lowest BCUT2D eigenvalue weighted by Gasteiger charge is -2.27. The average Bonchev–Trinajstić information content (AvgIpc) is 2.47. The molecule has 106 valence electrons. The first-order valence-electron chi connectivity index (χ1n) is 6.92. The molecule has 1 saturated heterocycles. The zero-order valence-corrected chi connectivity index (χ0v) is 12.6. The van der Waals surface area contributed by atoms with E-state index >= 15 is 0 Å². The Balaban J connectivity index is 2.15. The summed E-state index contributed by atoms with van der Waals surface area (Å²) in [7, 11) is 0. The minimum atomic E-state index is -0.270. The van der Waals surface area contributed by atoms with Crippen molar-refractivity contribution in [2.45, 2.75) is 64.4 Å². The van der Waals surface area contributed by atoms with E-state index in [1.807, 2.05) is 31.2 Å². The third-order valence-electron chi connectivity index (χ3n) is 3.65. The molecule has 0 saturated carbocycles. The maximum atomic E-state index is 6.14. The van der Waals surface area contributed by atoms with Crippen LogP contribution in [0.2, 0.25) is 0 Å². The summed E-state index contributed by atoms with van der Waals surface area (Å²) >= 11 is 0. The van der Waals surface area contributed by atoms with Crippen molar-refractivity contribution in [1.29, 1.82) is 0 Å². The zero-order valence-electron chi connectivity index (χ0n) is 12.6. The van der Waals surface area contributed by atoms with Crippen LogP contribution in [0, 0.1) is 0 Å². The summed E-state index contributed by atoms with van der Waals surface area (Å²) in [6.07, 6.45) is 0.952. The molecule has 1 aliphatic rings. The monoisotopic (exact) mass is 263 g/mol. The zero-order chi connectivity index (χ0) is 14.3. The Labute approximate surface area is 116 Å². The highest BCUT2D eigenvalue weighted by atomic mass is 16.6. The van der Waals surface area contributed by atoms with Gasteiger partial charge in [0.25, 0.3) is 0 Å². The van der Waals surface area contributed by atoms with Gasteiger partial charge in [0.1, 0.15) is 17.5 Å². The van der Waals surface area contributed by atoms with Gasteiger partial charge in [0.2, 0.25) is 0 Å². The van der Waals surface area contributed by atoms with E-state index in [1.54, 1.807) is 0 Å². The highest BCUT2D eigenvalue weighted by Crippen LogP contribution is 2.39. The smallest absolute Gasteiger partial charge is 0.130 e. The van der Waals surface area contributed by atoms with Crippen molar-refractivity contribution in [3.8, 4) is 5.75 Å². The summed E-state index contributed by atoms with van der Waals surface area (Å²) in [5.41, 5.74) is 6.60. The molecule has 3 nitrogen and oxygen atoms in total. The molecule has 0 aromatic heterocycles. The molecule has 0 spiro atoms. The normalized spacial score (nSPS) is 26.1. The minimum absolute atomic E-state index is 0.0211. The van der Waals surface area contributed by atoms with Crippen LogP contribution in [0.15, 0.2) is 24.3 Å². The molecule has 0 radical (unpaired) electrons. The Morgan fingerprint density at radius 3 is 2.53 bits per heavy atom. The molecule has 1 aromatic carbocycles. The van der Waals surface area contributed by atoms with Gasteiger partial charge in [0.05, 0.1) is 5.60 Å². The molecule has 1 aliphatic heterocycles. The number of rotatable bonds is 3. The van der Waals surface area contributed by atoms with Crippen LogP contribution in [-0.2, 0) is 4.74 Å². The molecule has 1 heterocycles. The molecule has 1 fully saturated rings. The number of ether oxygens (including phenoxy) is 2. The molecule has 2 unspecified atom stereocenters. The summed E-state index contributed by atoms with van der Waals surface area (Å²) in [6.45, 7) is 10.4. The van der Waals surface area contributed by atoms with E-state index in [4.69, 9.17) is 15.2 Å². The van der Waals surface area contributed by atoms with E-state index in [-0.39, 0.29) is 23.3 Å². The van der Waals surface area contributed by atoms with Crippen LogP contribution in [0.1, 0.15) is 52.6 Å². The molecule has 0 bridgehead atoms. The van der Waals surface area contributed by atoms with Crippen LogP contribution in [0.25, 0.3) is 0 Å². The lowest BCUT2D eigenvalue weighted by Crippen LogP contribution is -2.36. The molecule has 3 heteroatoms. The van der Waals surface area contributed by atoms with Crippen LogP contribution >= 0.6 is 0 Å². The Kier molecular flexibility index (Phi) is 3.63. The minimum Gasteiger partial charge on any atom is -0.487 e. The first kappa shape index (κ1) is 14.4. The van der Waals surface area contributed by atoms with Crippen LogP contribution in [-0.4, -0.2) is 17.3 Å². The van der Waals surface area contributed by atoms with E-state index in [1.165, 1.54) is 0 Å². The van der Waals surface area contributed by atoms with Crippen molar-refractivity contribution < 1.29 is 9.47 Å². The fourth-order valence-corrected chi connectivity index (χ4v) is 2.73. The van der Waals surface area contributed by atoms with Crippen molar-refractivity contribution in [3.63, 3.8) is 0 Å². The maximum absolute atomic E-state index is 6.14. The van der Waals surface area contributed by atoms with E-state index in [0.29, 0.717) is 0 Å². The highest BCUT2D eigenvalue weighted by molar-refractivity contribution is 5.30. The fraction of sp³-hybridized carbons (Fsp3) is 0.625. The Morgan fingerprint density at radius 2 is 2.00 bits per heavy atom. The molecule has 0 aliphatic carbocycles. The van der Waals surface area contributed by atoms with E-state index in [9.17, 15) is 0 Å². The number of benzene rings is 1. The molecular formula is C16H25NO2. The third kappa shape index (κ3) is 3.28. The topological polar surface area (TPSA) is 44.5 Å². The summed E-state index contributed by atoms with van der Waals surface area (Å²) in [5.74, 6) is 0.870. The summed E-state index contributed by atoms with van der Waals surface area (Å²) in [4.78, 5) is 0. The fourth-order valence-electron chi connectivity index (χ4n) is 2.73. The van der Waals surface area contributed by atoms with Gasteiger partial charge in [-0.3, -0.25) is 0 Å². The van der Waals surface area contributed by atoms with Crippen molar-refractivity contribution in [2.75, 3.05) is 0 Å². The number of nitrogens with two attached hydrogens (primary N) is 1. The standard InChI is InChI=1S/C16H25NO2/c1-11(17)12-7-6-8-13(9-12)18-14-10-15(2,3)19-16(14,4)5/h6-9,11,14H,10,17H2,1-5H3. The van der Waals surface area contributed by atoms with Gasteiger partial charge in [-0.1, -0.05) is 12.1 Å². The first-order chi connectivity index (χ1) is 8.70. The van der Waals surface area contributed by atoms with Gasteiger partial charge in [-0.15, -0.1) is 0 Å². The van der Waals surface area contributed by atoms with Gasteiger partial charge >= 0.3 is 0 Å². The Morgan fingerprint density at radius 1 is 1.32 bits per heavy atom. The largest absolute Gasteiger partial charge is 0.487 e. The summed E-state index contributed by atoms with van der Waals surface area (Å²) < 4.78 is 12.2. The number of hydrogen-bond donors (Lipinski definition) is 1. The molecule has 1 aromatic rings. The molecule has 19 heavy (non-hydrogen) atoms. The van der Waals surface area contributed by atoms with E-state index in [0.717, 1.165) is 17.7 Å². The predicted octanol–water partition coefficient (Wildman–Crippen LogP) is 3.43. The van der Waals surface area contributed by atoms with Crippen molar-refractivity contribution in [3.05, 3.63) is 29.8 Å². The Hall–Kier alpha value is -1.06. The molecule has 0 amide bonds. The van der Waals surface area contributed by atoms with Gasteiger partial charge in [-0.2, -0.15) is 0 Å². The Bertz CT molecular complexity index is 452. The lowest BCUT2D eigenvalue weighted by atomic mass is 9.97. The van der Waals surface area contributed by atoms with Crippen LogP contribution in [0.5, 0.6) is 5.75 Å². The maximum Gasteiger partial charge on any atom is 0.130 e. The van der Waals surface area contributed by atoms with Crippen molar-refractivity contribution >= 4 is 0 Å². The first-order valence-corrected chi connectivity index (χ1v) is 6.92. The summed E-state index contributed by atoms with van der Waals surface area (Å²) in [6, 6.07) is 8.03. The summed E-state index contributed by atoms with van der Waals surface area (Å²) in [5, 5.41) is 0. The van der Waals surface area contributed by atoms with Crippen molar-refractivity contribution in [1.82, 2.24) is 0 Å².